The zero-order valence-corrected chi connectivity index (χ0v) is 11.4. The Balaban J connectivity index is 1.84. The second-order valence-corrected chi connectivity index (χ2v) is 6.39. The Labute approximate surface area is 111 Å². The molecule has 0 spiro atoms. The van der Waals surface area contributed by atoms with E-state index in [1.54, 1.807) is 4.90 Å². The van der Waals surface area contributed by atoms with Gasteiger partial charge in [0, 0.05) is 19.1 Å². The van der Waals surface area contributed by atoms with Gasteiger partial charge in [0.15, 0.2) is 0 Å². The summed E-state index contributed by atoms with van der Waals surface area (Å²) in [5.41, 5.74) is 0. The molecule has 2 N–H and O–H groups in total. The second-order valence-electron chi connectivity index (χ2n) is 5.16. The van der Waals surface area contributed by atoms with Crippen LogP contribution >= 0.6 is 11.8 Å². The quantitative estimate of drug-likeness (QED) is 0.793. The van der Waals surface area contributed by atoms with Crippen LogP contribution in [0.1, 0.15) is 19.8 Å². The van der Waals surface area contributed by atoms with Crippen molar-refractivity contribution in [2.24, 2.45) is 11.8 Å². The smallest absolute Gasteiger partial charge is 0.317 e. The van der Waals surface area contributed by atoms with Gasteiger partial charge in [-0.2, -0.15) is 11.8 Å². The standard InChI is InChI=1S/C12H20N2O3S/c1-8-6-14(7-10(8)11(15)16)12(17)13-9-2-4-18-5-3-9/h8-10H,2-7H2,1H3,(H,13,17)(H,15,16)/t8-,10-/m1/s1. The van der Waals surface area contributed by atoms with Gasteiger partial charge in [0.05, 0.1) is 5.92 Å². The van der Waals surface area contributed by atoms with Crippen LogP contribution in [0, 0.1) is 11.8 Å². The SMILES string of the molecule is C[C@@H]1CN(C(=O)NC2CCSCC2)C[C@H]1C(=O)O. The van der Waals surface area contributed by atoms with Crippen LogP contribution in [-0.2, 0) is 4.79 Å². The van der Waals surface area contributed by atoms with E-state index in [9.17, 15) is 9.59 Å². The molecule has 2 saturated heterocycles. The average molecular weight is 272 g/mol. The summed E-state index contributed by atoms with van der Waals surface area (Å²) in [5, 5.41) is 12.1. The molecule has 2 aliphatic rings. The van der Waals surface area contributed by atoms with Crippen LogP contribution in [0.5, 0.6) is 0 Å². The zero-order valence-electron chi connectivity index (χ0n) is 10.6. The van der Waals surface area contributed by atoms with Gasteiger partial charge in [-0.05, 0) is 30.3 Å². The van der Waals surface area contributed by atoms with Gasteiger partial charge < -0.3 is 15.3 Å². The molecule has 2 atom stereocenters. The highest BCUT2D eigenvalue weighted by Crippen LogP contribution is 2.24. The number of carbonyl (C=O) groups is 2. The molecule has 6 heteroatoms. The fraction of sp³-hybridized carbons (Fsp3) is 0.833. The normalized spacial score (nSPS) is 29.3. The molecule has 0 saturated carbocycles. The molecule has 0 aromatic rings. The maximum absolute atomic E-state index is 12.0. The van der Waals surface area contributed by atoms with Crippen molar-refractivity contribution in [1.82, 2.24) is 10.2 Å². The van der Waals surface area contributed by atoms with Crippen LogP contribution in [0.15, 0.2) is 0 Å². The van der Waals surface area contributed by atoms with Gasteiger partial charge in [-0.15, -0.1) is 0 Å². The van der Waals surface area contributed by atoms with Crippen molar-refractivity contribution >= 4 is 23.8 Å². The van der Waals surface area contributed by atoms with Gasteiger partial charge in [-0.3, -0.25) is 4.79 Å². The Kier molecular flexibility index (Phi) is 4.37. The number of aliphatic carboxylic acids is 1. The van der Waals surface area contributed by atoms with Crippen molar-refractivity contribution < 1.29 is 14.7 Å². The molecule has 2 rings (SSSR count). The molecule has 0 unspecified atom stereocenters. The zero-order chi connectivity index (χ0) is 13.1. The Morgan fingerprint density at radius 2 is 1.94 bits per heavy atom. The molecule has 0 aliphatic carbocycles. The third-order valence-corrected chi connectivity index (χ3v) is 4.81. The molecule has 0 bridgehead atoms. The van der Waals surface area contributed by atoms with E-state index in [0.717, 1.165) is 24.3 Å². The maximum Gasteiger partial charge on any atom is 0.317 e. The number of thioether (sulfide) groups is 1. The highest BCUT2D eigenvalue weighted by atomic mass is 32.2. The number of hydrogen-bond donors (Lipinski definition) is 2. The molecule has 0 aromatic heterocycles. The molecule has 18 heavy (non-hydrogen) atoms. The van der Waals surface area contributed by atoms with Gasteiger partial charge >= 0.3 is 12.0 Å². The van der Waals surface area contributed by atoms with Gasteiger partial charge in [-0.1, -0.05) is 6.92 Å². The van der Waals surface area contributed by atoms with E-state index in [1.165, 1.54) is 0 Å². The molecular weight excluding hydrogens is 252 g/mol. The lowest BCUT2D eigenvalue weighted by molar-refractivity contribution is -0.142. The fourth-order valence-electron chi connectivity index (χ4n) is 2.56. The number of nitrogens with one attached hydrogen (secondary N) is 1. The van der Waals surface area contributed by atoms with E-state index in [4.69, 9.17) is 5.11 Å². The summed E-state index contributed by atoms with van der Waals surface area (Å²) >= 11 is 1.92. The first-order valence-electron chi connectivity index (χ1n) is 6.44. The van der Waals surface area contributed by atoms with Crippen LogP contribution in [0.2, 0.25) is 0 Å². The Bertz CT molecular complexity index is 331. The Morgan fingerprint density at radius 1 is 1.28 bits per heavy atom. The number of carboxylic acid groups (broad SMARTS) is 1. The van der Waals surface area contributed by atoms with Gasteiger partial charge in [-0.25, -0.2) is 4.79 Å². The minimum absolute atomic E-state index is 0.0372. The second kappa shape index (κ2) is 5.82. The molecule has 5 nitrogen and oxygen atoms in total. The van der Waals surface area contributed by atoms with Crippen LogP contribution in [0.4, 0.5) is 4.79 Å². The molecule has 2 amide bonds. The number of amides is 2. The summed E-state index contributed by atoms with van der Waals surface area (Å²) in [4.78, 5) is 24.7. The first-order valence-corrected chi connectivity index (χ1v) is 7.59. The lowest BCUT2D eigenvalue weighted by Crippen LogP contribution is -2.45. The minimum Gasteiger partial charge on any atom is -0.481 e. The number of rotatable bonds is 2. The third kappa shape index (κ3) is 3.10. The number of likely N-dealkylation sites (tertiary alicyclic amines) is 1. The summed E-state index contributed by atoms with van der Waals surface area (Å²) in [7, 11) is 0. The minimum atomic E-state index is -0.799. The molecule has 2 aliphatic heterocycles. The van der Waals surface area contributed by atoms with Crippen LogP contribution in [-0.4, -0.2) is 52.6 Å². The van der Waals surface area contributed by atoms with Crippen LogP contribution in [0.25, 0.3) is 0 Å². The molecule has 102 valence electrons. The van der Waals surface area contributed by atoms with Crippen molar-refractivity contribution in [3.8, 4) is 0 Å². The average Bonchev–Trinajstić information content (AvgIpc) is 2.73. The summed E-state index contributed by atoms with van der Waals surface area (Å²) in [5.74, 6) is 1.01. The molecule has 2 heterocycles. The van der Waals surface area contributed by atoms with E-state index in [-0.39, 0.29) is 18.0 Å². The summed E-state index contributed by atoms with van der Waals surface area (Å²) in [6, 6.07) is 0.167. The molecule has 0 radical (unpaired) electrons. The van der Waals surface area contributed by atoms with E-state index in [1.807, 2.05) is 18.7 Å². The maximum atomic E-state index is 12.0. The number of nitrogens with zero attached hydrogens (tertiary/aromatic N) is 1. The van der Waals surface area contributed by atoms with Gasteiger partial charge in [0.25, 0.3) is 0 Å². The fourth-order valence-corrected chi connectivity index (χ4v) is 3.67. The highest BCUT2D eigenvalue weighted by Gasteiger charge is 2.37. The van der Waals surface area contributed by atoms with Gasteiger partial charge in [0.1, 0.15) is 0 Å². The predicted molar refractivity (Wildman–Crippen MR) is 70.7 cm³/mol. The first-order chi connectivity index (χ1) is 8.58. The molecule has 0 aromatic carbocycles. The van der Waals surface area contributed by atoms with Crippen molar-refractivity contribution in [2.45, 2.75) is 25.8 Å². The largest absolute Gasteiger partial charge is 0.481 e. The third-order valence-electron chi connectivity index (χ3n) is 3.77. The number of carboxylic acids is 1. The lowest BCUT2D eigenvalue weighted by atomic mass is 9.99. The van der Waals surface area contributed by atoms with E-state index < -0.39 is 11.9 Å². The summed E-state index contributed by atoms with van der Waals surface area (Å²) < 4.78 is 0. The monoisotopic (exact) mass is 272 g/mol. The van der Waals surface area contributed by atoms with Crippen molar-refractivity contribution in [3.63, 3.8) is 0 Å². The lowest BCUT2D eigenvalue weighted by Gasteiger charge is -2.25. The number of hydrogen-bond acceptors (Lipinski definition) is 3. The Hall–Kier alpha value is -0.910. The van der Waals surface area contributed by atoms with Gasteiger partial charge in [0.2, 0.25) is 0 Å². The topological polar surface area (TPSA) is 69.6 Å². The van der Waals surface area contributed by atoms with E-state index >= 15 is 0 Å². The van der Waals surface area contributed by atoms with Crippen LogP contribution in [0.3, 0.4) is 0 Å². The summed E-state index contributed by atoms with van der Waals surface area (Å²) in [6.45, 7) is 2.78. The highest BCUT2D eigenvalue weighted by molar-refractivity contribution is 7.99. The van der Waals surface area contributed by atoms with E-state index in [0.29, 0.717) is 13.1 Å². The van der Waals surface area contributed by atoms with Crippen LogP contribution < -0.4 is 5.32 Å². The molecular formula is C12H20N2O3S. The Morgan fingerprint density at radius 3 is 2.50 bits per heavy atom. The first kappa shape index (κ1) is 13.5. The number of carbonyl (C=O) groups excluding carboxylic acids is 1. The predicted octanol–water partition coefficient (Wildman–Crippen LogP) is 1.24. The summed E-state index contributed by atoms with van der Waals surface area (Å²) in [6.07, 6.45) is 2.03. The van der Waals surface area contributed by atoms with E-state index in [2.05, 4.69) is 5.32 Å². The van der Waals surface area contributed by atoms with Crippen molar-refractivity contribution in [2.75, 3.05) is 24.6 Å². The molecule has 2 fully saturated rings. The van der Waals surface area contributed by atoms with Crippen molar-refractivity contribution in [1.29, 1.82) is 0 Å². The van der Waals surface area contributed by atoms with Crippen molar-refractivity contribution in [3.05, 3.63) is 0 Å². The number of urea groups is 1.